The van der Waals surface area contributed by atoms with Crippen molar-refractivity contribution in [2.75, 3.05) is 20.1 Å². The molecular weight excluding hydrogens is 208 g/mol. The van der Waals surface area contributed by atoms with E-state index in [1.165, 1.54) is 64.5 Å². The van der Waals surface area contributed by atoms with Crippen LogP contribution in [-0.2, 0) is 0 Å². The highest BCUT2D eigenvalue weighted by Crippen LogP contribution is 2.22. The van der Waals surface area contributed by atoms with Crippen LogP contribution >= 0.6 is 0 Å². The standard InChI is InChI=1S/C15H32N2/c1-4-12-16-14(5-2)9-8-13-17(3)15-10-6-7-11-15/h14-16H,4-13H2,1-3H3. The van der Waals surface area contributed by atoms with Crippen molar-refractivity contribution in [2.24, 2.45) is 0 Å². The summed E-state index contributed by atoms with van der Waals surface area (Å²) in [5.41, 5.74) is 0. The molecule has 0 saturated heterocycles. The van der Waals surface area contributed by atoms with Crippen molar-refractivity contribution in [1.82, 2.24) is 10.2 Å². The van der Waals surface area contributed by atoms with Crippen molar-refractivity contribution < 1.29 is 0 Å². The molecule has 17 heavy (non-hydrogen) atoms. The minimum absolute atomic E-state index is 0.743. The van der Waals surface area contributed by atoms with Gasteiger partial charge in [-0.1, -0.05) is 26.7 Å². The van der Waals surface area contributed by atoms with E-state index in [1.54, 1.807) is 0 Å². The molecule has 102 valence electrons. The van der Waals surface area contributed by atoms with Crippen LogP contribution in [0.2, 0.25) is 0 Å². The number of rotatable bonds is 9. The first kappa shape index (κ1) is 15.0. The second-order valence-electron chi connectivity index (χ2n) is 5.62. The lowest BCUT2D eigenvalue weighted by atomic mass is 10.1. The monoisotopic (exact) mass is 240 g/mol. The molecule has 1 N–H and O–H groups in total. The SMILES string of the molecule is CCCNC(CC)CCCN(C)C1CCCC1. The van der Waals surface area contributed by atoms with Gasteiger partial charge in [0.15, 0.2) is 0 Å². The summed E-state index contributed by atoms with van der Waals surface area (Å²) in [4.78, 5) is 2.60. The van der Waals surface area contributed by atoms with E-state index in [0.29, 0.717) is 0 Å². The predicted molar refractivity (Wildman–Crippen MR) is 76.5 cm³/mol. The Balaban J connectivity index is 2.07. The molecule has 0 aromatic heterocycles. The van der Waals surface area contributed by atoms with Gasteiger partial charge in [0, 0.05) is 12.1 Å². The van der Waals surface area contributed by atoms with Gasteiger partial charge in [-0.25, -0.2) is 0 Å². The van der Waals surface area contributed by atoms with E-state index in [4.69, 9.17) is 0 Å². The largest absolute Gasteiger partial charge is 0.314 e. The lowest BCUT2D eigenvalue weighted by Crippen LogP contribution is -2.33. The molecule has 1 atom stereocenters. The number of hydrogen-bond donors (Lipinski definition) is 1. The van der Waals surface area contributed by atoms with E-state index < -0.39 is 0 Å². The van der Waals surface area contributed by atoms with E-state index in [9.17, 15) is 0 Å². The normalized spacial score (nSPS) is 19.1. The smallest absolute Gasteiger partial charge is 0.00922 e. The van der Waals surface area contributed by atoms with Crippen LogP contribution < -0.4 is 5.32 Å². The third kappa shape index (κ3) is 5.87. The first-order valence-corrected chi connectivity index (χ1v) is 7.71. The molecule has 1 saturated carbocycles. The minimum Gasteiger partial charge on any atom is -0.314 e. The van der Waals surface area contributed by atoms with Gasteiger partial charge < -0.3 is 10.2 Å². The molecule has 1 fully saturated rings. The maximum atomic E-state index is 3.64. The van der Waals surface area contributed by atoms with Crippen LogP contribution in [0.3, 0.4) is 0 Å². The topological polar surface area (TPSA) is 15.3 Å². The fourth-order valence-electron chi connectivity index (χ4n) is 2.91. The Kier molecular flexibility index (Phi) is 7.87. The Morgan fingerprint density at radius 2 is 1.94 bits per heavy atom. The molecule has 0 radical (unpaired) electrons. The van der Waals surface area contributed by atoms with Crippen LogP contribution in [0.5, 0.6) is 0 Å². The average Bonchev–Trinajstić information content (AvgIpc) is 2.87. The number of nitrogens with zero attached hydrogens (tertiary/aromatic N) is 1. The fraction of sp³-hybridized carbons (Fsp3) is 1.00. The molecule has 2 nitrogen and oxygen atoms in total. The van der Waals surface area contributed by atoms with Crippen LogP contribution in [0.4, 0.5) is 0 Å². The van der Waals surface area contributed by atoms with Crippen molar-refractivity contribution in [1.29, 1.82) is 0 Å². The van der Waals surface area contributed by atoms with E-state index in [1.807, 2.05) is 0 Å². The molecule has 0 amide bonds. The highest BCUT2D eigenvalue weighted by molar-refractivity contribution is 4.75. The Morgan fingerprint density at radius 3 is 2.53 bits per heavy atom. The van der Waals surface area contributed by atoms with Crippen LogP contribution in [0.15, 0.2) is 0 Å². The van der Waals surface area contributed by atoms with Crippen molar-refractivity contribution in [2.45, 2.75) is 77.3 Å². The van der Waals surface area contributed by atoms with E-state index in [2.05, 4.69) is 31.1 Å². The second-order valence-corrected chi connectivity index (χ2v) is 5.62. The third-order valence-corrected chi connectivity index (χ3v) is 4.19. The second kappa shape index (κ2) is 8.93. The lowest BCUT2D eigenvalue weighted by molar-refractivity contribution is 0.236. The molecule has 1 unspecified atom stereocenters. The average molecular weight is 240 g/mol. The van der Waals surface area contributed by atoms with E-state index in [-0.39, 0.29) is 0 Å². The summed E-state index contributed by atoms with van der Waals surface area (Å²) in [6, 6.07) is 1.63. The minimum atomic E-state index is 0.743. The zero-order chi connectivity index (χ0) is 12.5. The van der Waals surface area contributed by atoms with Crippen molar-refractivity contribution >= 4 is 0 Å². The first-order chi connectivity index (χ1) is 8.27. The van der Waals surface area contributed by atoms with Crippen molar-refractivity contribution in [3.63, 3.8) is 0 Å². The van der Waals surface area contributed by atoms with Gasteiger partial charge in [0.2, 0.25) is 0 Å². The van der Waals surface area contributed by atoms with Crippen LogP contribution in [0.25, 0.3) is 0 Å². The van der Waals surface area contributed by atoms with Gasteiger partial charge >= 0.3 is 0 Å². The Morgan fingerprint density at radius 1 is 1.24 bits per heavy atom. The summed E-state index contributed by atoms with van der Waals surface area (Å²) in [5, 5.41) is 3.64. The van der Waals surface area contributed by atoms with Gasteiger partial charge in [0.1, 0.15) is 0 Å². The van der Waals surface area contributed by atoms with Crippen LogP contribution in [-0.4, -0.2) is 37.1 Å². The summed E-state index contributed by atoms with van der Waals surface area (Å²) in [6.45, 7) is 7.01. The quantitative estimate of drug-likeness (QED) is 0.664. The number of nitrogens with one attached hydrogen (secondary N) is 1. The highest BCUT2D eigenvalue weighted by atomic mass is 15.1. The maximum Gasteiger partial charge on any atom is 0.00922 e. The summed E-state index contributed by atoms with van der Waals surface area (Å²) >= 11 is 0. The first-order valence-electron chi connectivity index (χ1n) is 7.71. The molecule has 0 aromatic rings. The van der Waals surface area contributed by atoms with Crippen molar-refractivity contribution in [3.8, 4) is 0 Å². The van der Waals surface area contributed by atoms with Gasteiger partial charge in [-0.3, -0.25) is 0 Å². The van der Waals surface area contributed by atoms with E-state index >= 15 is 0 Å². The zero-order valence-corrected chi connectivity index (χ0v) is 12.2. The molecule has 1 aliphatic rings. The summed E-state index contributed by atoms with van der Waals surface area (Å²) in [6.07, 6.45) is 11.0. The van der Waals surface area contributed by atoms with Gasteiger partial charge in [-0.2, -0.15) is 0 Å². The molecule has 0 spiro atoms. The summed E-state index contributed by atoms with van der Waals surface area (Å²) in [5.74, 6) is 0. The lowest BCUT2D eigenvalue weighted by Gasteiger charge is -2.25. The summed E-state index contributed by atoms with van der Waals surface area (Å²) < 4.78 is 0. The Bertz CT molecular complexity index is 176. The molecule has 0 aromatic carbocycles. The molecule has 0 bridgehead atoms. The third-order valence-electron chi connectivity index (χ3n) is 4.19. The fourth-order valence-corrected chi connectivity index (χ4v) is 2.91. The predicted octanol–water partition coefficient (Wildman–Crippen LogP) is 3.42. The Hall–Kier alpha value is -0.0800. The van der Waals surface area contributed by atoms with Crippen LogP contribution in [0, 0.1) is 0 Å². The van der Waals surface area contributed by atoms with Crippen LogP contribution in [0.1, 0.15) is 65.2 Å². The van der Waals surface area contributed by atoms with Crippen molar-refractivity contribution in [3.05, 3.63) is 0 Å². The molecule has 1 rings (SSSR count). The van der Waals surface area contributed by atoms with Gasteiger partial charge in [0.05, 0.1) is 0 Å². The van der Waals surface area contributed by atoms with E-state index in [0.717, 1.165) is 12.1 Å². The van der Waals surface area contributed by atoms with Gasteiger partial charge in [0.25, 0.3) is 0 Å². The molecule has 0 heterocycles. The molecule has 1 aliphatic carbocycles. The molecule has 2 heteroatoms. The number of hydrogen-bond acceptors (Lipinski definition) is 2. The highest BCUT2D eigenvalue weighted by Gasteiger charge is 2.19. The summed E-state index contributed by atoms with van der Waals surface area (Å²) in [7, 11) is 2.32. The molecular formula is C15H32N2. The maximum absolute atomic E-state index is 3.64. The Labute approximate surface area is 108 Å². The zero-order valence-electron chi connectivity index (χ0n) is 12.2. The van der Waals surface area contributed by atoms with Gasteiger partial charge in [-0.05, 0) is 58.7 Å². The molecule has 0 aliphatic heterocycles. The van der Waals surface area contributed by atoms with Gasteiger partial charge in [-0.15, -0.1) is 0 Å².